The van der Waals surface area contributed by atoms with Crippen LogP contribution in [0.2, 0.25) is 0 Å². The summed E-state index contributed by atoms with van der Waals surface area (Å²) < 4.78 is 11.2. The Morgan fingerprint density at radius 3 is 2.29 bits per heavy atom. The predicted octanol–water partition coefficient (Wildman–Crippen LogP) is 2.23. The number of nitrogens with one attached hydrogen (secondary N) is 1. The molecule has 0 unspecified atom stereocenters. The number of hydrogen-bond acceptors (Lipinski definition) is 10. The number of nitrogens with zero attached hydrogens (tertiary/aromatic N) is 2. The topological polar surface area (TPSA) is 160 Å². The first-order valence-corrected chi connectivity index (χ1v) is 11.8. The number of aromatic nitrogens is 2. The van der Waals surface area contributed by atoms with Crippen LogP contribution in [-0.4, -0.2) is 46.5 Å². The number of thiophene rings is 2. The minimum absolute atomic E-state index is 0.0453. The number of hydrogen-bond donors (Lipinski definition) is 2. The van der Waals surface area contributed by atoms with Crippen molar-refractivity contribution in [3.05, 3.63) is 43.1 Å². The van der Waals surface area contributed by atoms with Gasteiger partial charge in [0.05, 0.1) is 35.4 Å². The van der Waals surface area contributed by atoms with Gasteiger partial charge in [-0.3, -0.25) is 19.0 Å². The van der Waals surface area contributed by atoms with Crippen molar-refractivity contribution in [2.75, 3.05) is 18.5 Å². The normalized spacial score (nSPS) is 10.8. The molecule has 3 aromatic heterocycles. The van der Waals surface area contributed by atoms with E-state index in [2.05, 4.69) is 10.3 Å². The Labute approximate surface area is 201 Å². The van der Waals surface area contributed by atoms with Crippen molar-refractivity contribution in [1.82, 2.24) is 9.55 Å². The molecule has 0 radical (unpaired) electrons. The van der Waals surface area contributed by atoms with Gasteiger partial charge >= 0.3 is 11.9 Å². The molecule has 34 heavy (non-hydrogen) atoms. The van der Waals surface area contributed by atoms with Crippen LogP contribution in [-0.2, 0) is 20.8 Å². The molecule has 0 spiro atoms. The zero-order chi connectivity index (χ0) is 25.2. The summed E-state index contributed by atoms with van der Waals surface area (Å²) in [4.78, 5) is 66.9. The molecule has 3 heterocycles. The van der Waals surface area contributed by atoms with Crippen molar-refractivity contribution in [3.63, 3.8) is 0 Å². The number of nitrogens with two attached hydrogens (primary N) is 1. The van der Waals surface area contributed by atoms with Crippen LogP contribution in [0.5, 0.6) is 0 Å². The maximum atomic E-state index is 12.9. The highest BCUT2D eigenvalue weighted by molar-refractivity contribution is 7.20. The Balaban J connectivity index is 1.94. The highest BCUT2D eigenvalue weighted by atomic mass is 32.1. The van der Waals surface area contributed by atoms with Crippen LogP contribution in [0.3, 0.4) is 0 Å². The van der Waals surface area contributed by atoms with Crippen molar-refractivity contribution in [2.45, 2.75) is 34.2 Å². The van der Waals surface area contributed by atoms with Gasteiger partial charge in [0.15, 0.2) is 0 Å². The lowest BCUT2D eigenvalue weighted by molar-refractivity contribution is -0.116. The number of fused-ring (bicyclic) bond motifs is 1. The molecule has 0 aromatic carbocycles. The first kappa shape index (κ1) is 25.1. The van der Waals surface area contributed by atoms with E-state index in [1.807, 2.05) is 0 Å². The third-order valence-electron chi connectivity index (χ3n) is 4.80. The fraction of sp³-hybridized carbons (Fsp3) is 0.333. The molecule has 2 amide bonds. The van der Waals surface area contributed by atoms with Gasteiger partial charge in [0.2, 0.25) is 5.91 Å². The average molecular weight is 507 g/mol. The number of ether oxygens (including phenoxy) is 2. The minimum atomic E-state index is -0.699. The van der Waals surface area contributed by atoms with E-state index >= 15 is 0 Å². The number of amides is 2. The van der Waals surface area contributed by atoms with Gasteiger partial charge in [-0.15, -0.1) is 22.7 Å². The van der Waals surface area contributed by atoms with Crippen LogP contribution in [0, 0.1) is 13.8 Å². The largest absolute Gasteiger partial charge is 0.462 e. The fourth-order valence-electron chi connectivity index (χ4n) is 3.27. The van der Waals surface area contributed by atoms with E-state index in [9.17, 15) is 24.0 Å². The summed E-state index contributed by atoms with van der Waals surface area (Å²) in [5.74, 6) is -2.62. The standard InChI is InChI=1S/C21H22N4O7S2/c1-5-31-20(29)13-10(4)15(21(30)32-6-2)34-18(13)24-11(26)7-25-8-23-17-12(19(25)28)9(3)14(33-17)16(22)27/h8H,5-7H2,1-4H3,(H2,22,27)(H,24,26). The van der Waals surface area contributed by atoms with Gasteiger partial charge < -0.3 is 20.5 Å². The smallest absolute Gasteiger partial charge is 0.348 e. The third kappa shape index (κ3) is 4.70. The van der Waals surface area contributed by atoms with Crippen LogP contribution in [0.25, 0.3) is 10.2 Å². The first-order chi connectivity index (χ1) is 16.1. The van der Waals surface area contributed by atoms with Crippen molar-refractivity contribution in [1.29, 1.82) is 0 Å². The summed E-state index contributed by atoms with van der Waals surface area (Å²) in [5, 5.41) is 2.89. The van der Waals surface area contributed by atoms with Crippen molar-refractivity contribution in [3.8, 4) is 0 Å². The van der Waals surface area contributed by atoms with Crippen LogP contribution in [0.15, 0.2) is 11.1 Å². The summed E-state index contributed by atoms with van der Waals surface area (Å²) in [7, 11) is 0. The fourth-order valence-corrected chi connectivity index (χ4v) is 5.37. The molecule has 0 fully saturated rings. The molecule has 0 aliphatic heterocycles. The Morgan fingerprint density at radius 1 is 1.03 bits per heavy atom. The van der Waals surface area contributed by atoms with Gasteiger partial charge in [-0.1, -0.05) is 0 Å². The Kier molecular flexibility index (Phi) is 7.47. The van der Waals surface area contributed by atoms with E-state index in [1.165, 1.54) is 6.33 Å². The number of carbonyl (C=O) groups is 4. The summed E-state index contributed by atoms with van der Waals surface area (Å²) in [6.07, 6.45) is 1.20. The zero-order valence-electron chi connectivity index (χ0n) is 18.8. The van der Waals surface area contributed by atoms with E-state index in [4.69, 9.17) is 15.2 Å². The number of aryl methyl sites for hydroxylation is 1. The minimum Gasteiger partial charge on any atom is -0.462 e. The van der Waals surface area contributed by atoms with Gasteiger partial charge in [0, 0.05) is 0 Å². The molecule has 0 atom stereocenters. The number of anilines is 1. The molecule has 3 rings (SSSR count). The molecule has 11 nitrogen and oxygen atoms in total. The lowest BCUT2D eigenvalue weighted by atomic mass is 10.1. The molecule has 3 N–H and O–H groups in total. The predicted molar refractivity (Wildman–Crippen MR) is 127 cm³/mol. The lowest BCUT2D eigenvalue weighted by Crippen LogP contribution is -2.28. The molecule has 13 heteroatoms. The van der Waals surface area contributed by atoms with Crippen LogP contribution < -0.4 is 16.6 Å². The Morgan fingerprint density at radius 2 is 1.68 bits per heavy atom. The monoisotopic (exact) mass is 506 g/mol. The van der Waals surface area contributed by atoms with Gasteiger partial charge in [0.1, 0.15) is 21.3 Å². The molecule has 0 bridgehead atoms. The van der Waals surface area contributed by atoms with Crippen LogP contribution >= 0.6 is 22.7 Å². The van der Waals surface area contributed by atoms with Crippen molar-refractivity contribution in [2.24, 2.45) is 5.73 Å². The van der Waals surface area contributed by atoms with Crippen molar-refractivity contribution < 1.29 is 28.7 Å². The summed E-state index contributed by atoms with van der Waals surface area (Å²) in [5.41, 5.74) is 5.61. The highest BCUT2D eigenvalue weighted by Gasteiger charge is 2.27. The lowest BCUT2D eigenvalue weighted by Gasteiger charge is -2.08. The van der Waals surface area contributed by atoms with Gasteiger partial charge in [-0.2, -0.15) is 0 Å². The van der Waals surface area contributed by atoms with E-state index in [0.717, 1.165) is 27.2 Å². The molecular weight excluding hydrogens is 484 g/mol. The third-order valence-corrected chi connectivity index (χ3v) is 7.20. The van der Waals surface area contributed by atoms with E-state index in [0.29, 0.717) is 16.0 Å². The zero-order valence-corrected chi connectivity index (χ0v) is 20.5. The molecule has 0 aliphatic rings. The Hall–Kier alpha value is -3.58. The molecule has 0 aliphatic carbocycles. The second kappa shape index (κ2) is 10.1. The number of rotatable bonds is 8. The molecule has 0 saturated carbocycles. The molecule has 3 aromatic rings. The second-order valence-electron chi connectivity index (χ2n) is 7.03. The average Bonchev–Trinajstić information content (AvgIpc) is 3.27. The van der Waals surface area contributed by atoms with Crippen LogP contribution in [0.4, 0.5) is 5.00 Å². The van der Waals surface area contributed by atoms with Crippen molar-refractivity contribution >= 4 is 61.6 Å². The SMILES string of the molecule is CCOC(=O)c1sc(NC(=O)Cn2cnc3sc(C(N)=O)c(C)c3c2=O)c(C(=O)OCC)c1C. The van der Waals surface area contributed by atoms with Crippen LogP contribution in [0.1, 0.15) is 54.7 Å². The quantitative estimate of drug-likeness (QED) is 0.440. The second-order valence-corrected chi connectivity index (χ2v) is 9.05. The van der Waals surface area contributed by atoms with Gasteiger partial charge in [-0.05, 0) is 38.8 Å². The first-order valence-electron chi connectivity index (χ1n) is 10.2. The van der Waals surface area contributed by atoms with Gasteiger partial charge in [0.25, 0.3) is 11.5 Å². The molecular formula is C21H22N4O7S2. The summed E-state index contributed by atoms with van der Waals surface area (Å²) in [6.45, 7) is 6.26. The van der Waals surface area contributed by atoms with E-state index in [1.54, 1.807) is 27.7 Å². The number of esters is 2. The van der Waals surface area contributed by atoms with E-state index in [-0.39, 0.29) is 38.9 Å². The summed E-state index contributed by atoms with van der Waals surface area (Å²) >= 11 is 1.89. The maximum Gasteiger partial charge on any atom is 0.348 e. The van der Waals surface area contributed by atoms with E-state index < -0.39 is 35.9 Å². The number of carbonyl (C=O) groups excluding carboxylic acids is 4. The molecule has 0 saturated heterocycles. The highest BCUT2D eigenvalue weighted by Crippen LogP contribution is 2.34. The number of primary amides is 1. The Bertz CT molecular complexity index is 1370. The summed E-state index contributed by atoms with van der Waals surface area (Å²) in [6, 6.07) is 0. The maximum absolute atomic E-state index is 12.9. The molecule has 180 valence electrons. The van der Waals surface area contributed by atoms with Gasteiger partial charge in [-0.25, -0.2) is 14.6 Å².